The van der Waals surface area contributed by atoms with E-state index in [1.54, 1.807) is 0 Å². The second-order valence-electron chi connectivity index (χ2n) is 4.24. The van der Waals surface area contributed by atoms with Crippen LogP contribution in [0.1, 0.15) is 59.3 Å². The van der Waals surface area contributed by atoms with Gasteiger partial charge in [0.25, 0.3) is 0 Å². The van der Waals surface area contributed by atoms with Crippen LogP contribution in [0.2, 0.25) is 5.32 Å². The van der Waals surface area contributed by atoms with Crippen molar-refractivity contribution in [3.63, 3.8) is 0 Å². The molecule has 0 aliphatic carbocycles. The minimum absolute atomic E-state index is 0.633. The molecule has 0 unspecified atom stereocenters. The quantitative estimate of drug-likeness (QED) is 0.341. The van der Waals surface area contributed by atoms with E-state index in [1.165, 1.54) is 47.6 Å². The van der Waals surface area contributed by atoms with E-state index >= 15 is 0 Å². The summed E-state index contributed by atoms with van der Waals surface area (Å²) in [5.41, 5.74) is 0. The number of thiocarbonyl (C=S) groups is 1. The maximum absolute atomic E-state index is 5.38. The molecule has 0 spiro atoms. The van der Waals surface area contributed by atoms with Crippen LogP contribution in [0.3, 0.4) is 0 Å². The summed E-state index contributed by atoms with van der Waals surface area (Å²) in [5, 5.41) is 1.33. The standard InChI is InChI=1S/C12H24SSe/c1-4-5-6-7-8-9-12(13)14-10-11(2)3/h11H,4-10H2,1-3H3. The van der Waals surface area contributed by atoms with Gasteiger partial charge in [0, 0.05) is 0 Å². The van der Waals surface area contributed by atoms with Crippen molar-refractivity contribution < 1.29 is 0 Å². The molecule has 0 fully saturated rings. The summed E-state index contributed by atoms with van der Waals surface area (Å²) in [7, 11) is 0. The number of unbranched alkanes of at least 4 members (excludes halogenated alkanes) is 4. The minimum atomic E-state index is 0.633. The first-order valence-corrected chi connectivity index (χ1v) is 8.30. The van der Waals surface area contributed by atoms with Gasteiger partial charge in [0.1, 0.15) is 0 Å². The molecule has 0 atom stereocenters. The molecule has 0 heterocycles. The first-order chi connectivity index (χ1) is 6.66. The van der Waals surface area contributed by atoms with Gasteiger partial charge < -0.3 is 0 Å². The van der Waals surface area contributed by atoms with Gasteiger partial charge in [0.2, 0.25) is 0 Å². The molecule has 0 N–H and O–H groups in total. The third-order valence-corrected chi connectivity index (χ3v) is 5.73. The van der Waals surface area contributed by atoms with E-state index in [0.29, 0.717) is 15.0 Å². The average molecular weight is 279 g/mol. The van der Waals surface area contributed by atoms with E-state index in [2.05, 4.69) is 20.8 Å². The summed E-state index contributed by atoms with van der Waals surface area (Å²) in [6.45, 7) is 6.83. The second kappa shape index (κ2) is 10.1. The summed E-state index contributed by atoms with van der Waals surface area (Å²) in [4.78, 5) is 0. The van der Waals surface area contributed by atoms with Crippen LogP contribution in [0.5, 0.6) is 0 Å². The zero-order valence-corrected chi connectivity index (χ0v) is 12.4. The van der Waals surface area contributed by atoms with Crippen LogP contribution in [0, 0.1) is 5.92 Å². The van der Waals surface area contributed by atoms with Gasteiger partial charge in [0.05, 0.1) is 0 Å². The van der Waals surface area contributed by atoms with Crippen molar-refractivity contribution in [3.05, 3.63) is 0 Å². The van der Waals surface area contributed by atoms with Gasteiger partial charge in [-0.3, -0.25) is 0 Å². The molecule has 0 bridgehead atoms. The zero-order valence-electron chi connectivity index (χ0n) is 9.84. The molecule has 0 radical (unpaired) electrons. The molecule has 0 aromatic heterocycles. The Morgan fingerprint density at radius 2 is 1.79 bits per heavy atom. The molecule has 0 aromatic rings. The van der Waals surface area contributed by atoms with Gasteiger partial charge >= 0.3 is 101 Å². The van der Waals surface area contributed by atoms with Crippen LogP contribution < -0.4 is 0 Å². The van der Waals surface area contributed by atoms with Crippen molar-refractivity contribution in [2.45, 2.75) is 64.6 Å². The number of rotatable bonds is 9. The summed E-state index contributed by atoms with van der Waals surface area (Å²) in [6.07, 6.45) is 8.05. The Labute approximate surface area is 101 Å². The number of hydrogen-bond acceptors (Lipinski definition) is 1. The van der Waals surface area contributed by atoms with Crippen molar-refractivity contribution in [1.82, 2.24) is 0 Å². The van der Waals surface area contributed by atoms with E-state index < -0.39 is 0 Å². The molecule has 14 heavy (non-hydrogen) atoms. The zero-order chi connectivity index (χ0) is 10.8. The Morgan fingerprint density at radius 1 is 1.14 bits per heavy atom. The van der Waals surface area contributed by atoms with E-state index in [4.69, 9.17) is 12.2 Å². The fraction of sp³-hybridized carbons (Fsp3) is 0.917. The van der Waals surface area contributed by atoms with Gasteiger partial charge in [-0.2, -0.15) is 0 Å². The van der Waals surface area contributed by atoms with Crippen LogP contribution in [-0.4, -0.2) is 18.7 Å². The van der Waals surface area contributed by atoms with Gasteiger partial charge in [0.15, 0.2) is 0 Å². The topological polar surface area (TPSA) is 0 Å². The van der Waals surface area contributed by atoms with Crippen LogP contribution in [0.4, 0.5) is 0 Å². The fourth-order valence-corrected chi connectivity index (χ4v) is 3.40. The summed E-state index contributed by atoms with van der Waals surface area (Å²) < 4.78 is 1.36. The van der Waals surface area contributed by atoms with E-state index in [1.807, 2.05) is 0 Å². The molecule has 0 nitrogen and oxygen atoms in total. The molecule has 2 heteroatoms. The summed E-state index contributed by atoms with van der Waals surface area (Å²) >= 11 is 6.01. The van der Waals surface area contributed by atoms with Crippen LogP contribution in [0.25, 0.3) is 0 Å². The van der Waals surface area contributed by atoms with Gasteiger partial charge in [-0.25, -0.2) is 0 Å². The normalized spacial score (nSPS) is 10.9. The molecule has 0 aliphatic heterocycles. The summed E-state index contributed by atoms with van der Waals surface area (Å²) in [5.74, 6) is 0.827. The van der Waals surface area contributed by atoms with Crippen LogP contribution in [-0.2, 0) is 0 Å². The monoisotopic (exact) mass is 280 g/mol. The Balaban J connectivity index is 3.18. The second-order valence-corrected chi connectivity index (χ2v) is 7.66. The Hall–Kier alpha value is 0.609. The third kappa shape index (κ3) is 10.7. The summed E-state index contributed by atoms with van der Waals surface area (Å²) in [6, 6.07) is 0. The molecule has 0 amide bonds. The van der Waals surface area contributed by atoms with E-state index in [-0.39, 0.29) is 0 Å². The van der Waals surface area contributed by atoms with Crippen molar-refractivity contribution in [2.75, 3.05) is 0 Å². The molecule has 84 valence electrons. The molecule has 0 rings (SSSR count). The van der Waals surface area contributed by atoms with E-state index in [9.17, 15) is 0 Å². The third-order valence-electron chi connectivity index (χ3n) is 2.06. The van der Waals surface area contributed by atoms with Gasteiger partial charge in [-0.1, -0.05) is 0 Å². The molecular formula is C12H24SSe. The average Bonchev–Trinajstić information content (AvgIpc) is 2.14. The van der Waals surface area contributed by atoms with Gasteiger partial charge in [-0.15, -0.1) is 0 Å². The molecule has 0 aliphatic rings. The fourth-order valence-electron chi connectivity index (χ4n) is 1.20. The van der Waals surface area contributed by atoms with Crippen molar-refractivity contribution >= 4 is 30.9 Å². The van der Waals surface area contributed by atoms with Gasteiger partial charge in [-0.05, 0) is 0 Å². The number of hydrogen-bond donors (Lipinski definition) is 0. The first-order valence-electron chi connectivity index (χ1n) is 5.82. The Morgan fingerprint density at radius 3 is 2.36 bits per heavy atom. The van der Waals surface area contributed by atoms with Crippen LogP contribution in [0.15, 0.2) is 0 Å². The van der Waals surface area contributed by atoms with Crippen molar-refractivity contribution in [2.24, 2.45) is 5.92 Å². The first kappa shape index (κ1) is 14.6. The Kier molecular flexibility index (Phi) is 10.6. The van der Waals surface area contributed by atoms with Crippen LogP contribution >= 0.6 is 12.2 Å². The molecule has 0 saturated heterocycles. The maximum atomic E-state index is 5.38. The van der Waals surface area contributed by atoms with Crippen molar-refractivity contribution in [3.8, 4) is 0 Å². The molecular weight excluding hydrogens is 255 g/mol. The van der Waals surface area contributed by atoms with E-state index in [0.717, 1.165) is 5.92 Å². The predicted octanol–water partition coefficient (Wildman–Crippen LogP) is 4.45. The van der Waals surface area contributed by atoms with Crippen molar-refractivity contribution in [1.29, 1.82) is 0 Å². The Bertz CT molecular complexity index is 143. The molecule has 0 aromatic carbocycles. The molecule has 0 saturated carbocycles. The SMILES string of the molecule is CCCCCCCC(=S)[Se]CC(C)C. The predicted molar refractivity (Wildman–Crippen MR) is 71.4 cm³/mol.